The Bertz CT molecular complexity index is 742. The Morgan fingerprint density at radius 3 is 1.14 bits per heavy atom. The second-order valence-electron chi connectivity index (χ2n) is 9.77. The van der Waals surface area contributed by atoms with Crippen LogP contribution in [-0.4, -0.2) is 0 Å². The summed E-state index contributed by atoms with van der Waals surface area (Å²) in [6, 6.07) is 17.7. The maximum atomic E-state index is 2.95. The summed E-state index contributed by atoms with van der Waals surface area (Å²) < 4.78 is 0. The summed E-state index contributed by atoms with van der Waals surface area (Å²) in [5.41, 5.74) is 5.43. The Morgan fingerprint density at radius 1 is 0.556 bits per heavy atom. The van der Waals surface area contributed by atoms with Crippen LogP contribution in [0.15, 0.2) is 60.7 Å². The van der Waals surface area contributed by atoms with Gasteiger partial charge in [0.05, 0.1) is 0 Å². The van der Waals surface area contributed by atoms with Crippen molar-refractivity contribution in [3.05, 3.63) is 82.9 Å². The van der Waals surface area contributed by atoms with Crippen molar-refractivity contribution in [3.8, 4) is 11.8 Å². The number of unbranched alkanes of at least 4 members (excludes halogenated alkanes) is 4. The van der Waals surface area contributed by atoms with E-state index in [-0.39, 0.29) is 5.41 Å². The fourth-order valence-electron chi connectivity index (χ4n) is 3.37. The van der Waals surface area contributed by atoms with Gasteiger partial charge in [0.15, 0.2) is 0 Å². The van der Waals surface area contributed by atoms with Crippen molar-refractivity contribution in [2.45, 2.75) is 132 Å². The van der Waals surface area contributed by atoms with Crippen LogP contribution in [0.5, 0.6) is 0 Å². The highest BCUT2D eigenvalue weighted by Crippen LogP contribution is 2.31. The number of allylic oxidation sites excluding steroid dienone is 2. The van der Waals surface area contributed by atoms with Crippen molar-refractivity contribution in [3.63, 3.8) is 0 Å². The van der Waals surface area contributed by atoms with E-state index >= 15 is 0 Å². The smallest absolute Gasteiger partial charge is 0.0146 e. The Labute approximate surface area is 227 Å². The molecule has 0 bridgehead atoms. The molecule has 0 fully saturated rings. The molecule has 2 aromatic rings. The lowest BCUT2D eigenvalue weighted by Gasteiger charge is -2.26. The molecular formula is C36H58. The van der Waals surface area contributed by atoms with Crippen LogP contribution in [0.2, 0.25) is 0 Å². The van der Waals surface area contributed by atoms with Crippen molar-refractivity contribution in [2.75, 3.05) is 0 Å². The van der Waals surface area contributed by atoms with Gasteiger partial charge < -0.3 is 0 Å². The molecule has 0 aromatic heterocycles. The van der Waals surface area contributed by atoms with E-state index in [9.17, 15) is 0 Å². The third kappa shape index (κ3) is 19.0. The van der Waals surface area contributed by atoms with E-state index in [2.05, 4.69) is 142 Å². The lowest BCUT2D eigenvalue weighted by Crippen LogP contribution is -2.18. The second-order valence-corrected chi connectivity index (χ2v) is 9.77. The minimum atomic E-state index is 0.0708. The van der Waals surface area contributed by atoms with Gasteiger partial charge in [-0.05, 0) is 37.8 Å². The highest BCUT2D eigenvalue weighted by molar-refractivity contribution is 5.39. The molecule has 0 atom stereocenters. The molecule has 2 aromatic carbocycles. The second kappa shape index (κ2) is 24.4. The van der Waals surface area contributed by atoms with Crippen molar-refractivity contribution in [1.29, 1.82) is 0 Å². The quantitative estimate of drug-likeness (QED) is 0.196. The van der Waals surface area contributed by atoms with Gasteiger partial charge in [-0.25, -0.2) is 0 Å². The Balaban J connectivity index is 0. The van der Waals surface area contributed by atoms with Gasteiger partial charge in [-0.15, -0.1) is 11.8 Å². The highest BCUT2D eigenvalue weighted by atomic mass is 14.3. The number of aryl methyl sites for hydroxylation is 2. The first-order chi connectivity index (χ1) is 17.2. The number of hydrogen-bond donors (Lipinski definition) is 0. The summed E-state index contributed by atoms with van der Waals surface area (Å²) in [4.78, 5) is 0. The minimum absolute atomic E-state index is 0.0708. The molecule has 0 spiro atoms. The van der Waals surface area contributed by atoms with Gasteiger partial charge in [-0.1, -0.05) is 159 Å². The molecule has 0 radical (unpaired) electrons. The highest BCUT2D eigenvalue weighted by Gasteiger charge is 2.22. The molecule has 0 saturated heterocycles. The zero-order valence-corrected chi connectivity index (χ0v) is 25.6. The van der Waals surface area contributed by atoms with Crippen LogP contribution in [0.25, 0.3) is 0 Å². The minimum Gasteiger partial charge on any atom is -0.104 e. The van der Waals surface area contributed by atoms with Gasteiger partial charge in [0.2, 0.25) is 0 Å². The van der Waals surface area contributed by atoms with Crippen molar-refractivity contribution in [2.24, 2.45) is 0 Å². The van der Waals surface area contributed by atoms with Crippen LogP contribution in [0.3, 0.4) is 0 Å². The van der Waals surface area contributed by atoms with Crippen LogP contribution in [0.4, 0.5) is 0 Å². The summed E-state index contributed by atoms with van der Waals surface area (Å²) in [6.07, 6.45) is 15.7. The standard InChI is InChI=1S/C17H20.C7H16.C6H12.C6H10/c1-13-5-9-15(10-6-13)17(3,4)16-11-7-14(2)8-12-16;1-3-5-7-6-4-2;2*1-3-5-6-4-2/h5-12H,1-4H3;3-7H2,1-2H3;5-6H,3-4H2,1-2H3;3-4H2,1-2H3. The Kier molecular flexibility index (Phi) is 24.4. The van der Waals surface area contributed by atoms with E-state index in [1.807, 2.05) is 0 Å². The summed E-state index contributed by atoms with van der Waals surface area (Å²) in [5.74, 6) is 5.90. The molecule has 0 aliphatic heterocycles. The lowest BCUT2D eigenvalue weighted by atomic mass is 9.78. The number of benzene rings is 2. The SMILES string of the molecule is CCC#CCC.CCC=CCC.CCCCCCC.Cc1ccc(C(C)(C)c2ccc(C)cc2)cc1. The monoisotopic (exact) mass is 490 g/mol. The molecule has 0 N–H and O–H groups in total. The average Bonchev–Trinajstić information content (AvgIpc) is 2.88. The zero-order chi connectivity index (χ0) is 27.7. The van der Waals surface area contributed by atoms with Crippen molar-refractivity contribution >= 4 is 0 Å². The van der Waals surface area contributed by atoms with E-state index in [0.717, 1.165) is 12.8 Å². The maximum Gasteiger partial charge on any atom is 0.0146 e. The van der Waals surface area contributed by atoms with E-state index in [1.165, 1.54) is 67.2 Å². The normalized spacial score (nSPS) is 10.1. The first-order valence-electron chi connectivity index (χ1n) is 14.5. The van der Waals surface area contributed by atoms with Crippen LogP contribution in [0, 0.1) is 25.7 Å². The first-order valence-corrected chi connectivity index (χ1v) is 14.5. The molecule has 0 heteroatoms. The molecule has 0 saturated carbocycles. The van der Waals surface area contributed by atoms with Gasteiger partial charge in [-0.3, -0.25) is 0 Å². The third-order valence-corrected chi connectivity index (χ3v) is 5.87. The fraction of sp³-hybridized carbons (Fsp3) is 0.556. The largest absolute Gasteiger partial charge is 0.104 e. The molecule has 0 unspecified atom stereocenters. The maximum absolute atomic E-state index is 2.95. The molecule has 0 heterocycles. The molecule has 0 amide bonds. The Morgan fingerprint density at radius 2 is 0.889 bits per heavy atom. The predicted octanol–water partition coefficient (Wildman–Crippen LogP) is 11.8. The average molecular weight is 491 g/mol. The zero-order valence-electron chi connectivity index (χ0n) is 25.6. The van der Waals surface area contributed by atoms with E-state index in [0.29, 0.717) is 0 Å². The topological polar surface area (TPSA) is 0 Å². The third-order valence-electron chi connectivity index (χ3n) is 5.87. The van der Waals surface area contributed by atoms with Crippen LogP contribution >= 0.6 is 0 Å². The molecule has 0 aliphatic rings. The molecule has 36 heavy (non-hydrogen) atoms. The van der Waals surface area contributed by atoms with Gasteiger partial charge in [-0.2, -0.15) is 0 Å². The predicted molar refractivity (Wildman–Crippen MR) is 167 cm³/mol. The summed E-state index contributed by atoms with van der Waals surface area (Å²) in [7, 11) is 0. The molecule has 202 valence electrons. The van der Waals surface area contributed by atoms with E-state index < -0.39 is 0 Å². The lowest BCUT2D eigenvalue weighted by molar-refractivity contribution is 0.640. The van der Waals surface area contributed by atoms with Crippen molar-refractivity contribution in [1.82, 2.24) is 0 Å². The summed E-state index contributed by atoms with van der Waals surface area (Å²) >= 11 is 0. The molecule has 2 rings (SSSR count). The number of hydrogen-bond acceptors (Lipinski definition) is 0. The summed E-state index contributed by atoms with van der Waals surface area (Å²) in [5, 5.41) is 0. The van der Waals surface area contributed by atoms with Crippen molar-refractivity contribution < 1.29 is 0 Å². The molecule has 0 aliphatic carbocycles. The Hall–Kier alpha value is -2.26. The molecule has 0 nitrogen and oxygen atoms in total. The van der Waals surface area contributed by atoms with E-state index in [1.54, 1.807) is 0 Å². The fourth-order valence-corrected chi connectivity index (χ4v) is 3.37. The van der Waals surface area contributed by atoms with Crippen LogP contribution in [-0.2, 0) is 5.41 Å². The summed E-state index contributed by atoms with van der Waals surface area (Å²) in [6.45, 7) is 21.7. The molecular weight excluding hydrogens is 432 g/mol. The van der Waals surface area contributed by atoms with Gasteiger partial charge in [0.25, 0.3) is 0 Å². The van der Waals surface area contributed by atoms with Crippen LogP contribution < -0.4 is 0 Å². The van der Waals surface area contributed by atoms with Crippen LogP contribution in [0.1, 0.15) is 135 Å². The first kappa shape index (κ1) is 35.9. The van der Waals surface area contributed by atoms with E-state index in [4.69, 9.17) is 0 Å². The van der Waals surface area contributed by atoms with Gasteiger partial charge >= 0.3 is 0 Å². The van der Waals surface area contributed by atoms with Gasteiger partial charge in [0.1, 0.15) is 0 Å². The number of rotatable bonds is 8. The van der Waals surface area contributed by atoms with Gasteiger partial charge in [0, 0.05) is 18.3 Å².